The Morgan fingerprint density at radius 1 is 1.12 bits per heavy atom. The van der Waals surface area contributed by atoms with Crippen molar-refractivity contribution in [3.8, 4) is 0 Å². The molecule has 0 aliphatic heterocycles. The van der Waals surface area contributed by atoms with E-state index < -0.39 is 6.55 Å². The smallest absolute Gasteiger partial charge is 0.321 e. The maximum atomic E-state index is 13.6. The number of alkyl halides is 2. The summed E-state index contributed by atoms with van der Waals surface area (Å²) in [5.74, 6) is -0.258. The molecule has 2 aromatic heterocycles. The first-order valence-electron chi connectivity index (χ1n) is 10.00. The quantitative estimate of drug-likeness (QED) is 0.377. The number of fused-ring (bicyclic) bond motifs is 1. The van der Waals surface area contributed by atoms with E-state index in [2.05, 4.69) is 10.3 Å². The number of para-hydroxylation sites is 3. The molecule has 0 radical (unpaired) electrons. The van der Waals surface area contributed by atoms with Gasteiger partial charge < -0.3 is 14.6 Å². The lowest BCUT2D eigenvalue weighted by Gasteiger charge is -2.20. The summed E-state index contributed by atoms with van der Waals surface area (Å²) in [4.78, 5) is 31.1. The molecule has 0 saturated heterocycles. The van der Waals surface area contributed by atoms with Gasteiger partial charge in [0.2, 0.25) is 5.91 Å². The SMILES string of the molecule is CN(C(=O)CSc1nc2ccccc2n1C(F)F)c1ccccc1C(=O)NCc1ccco1. The van der Waals surface area contributed by atoms with E-state index in [-0.39, 0.29) is 29.3 Å². The second-order valence-electron chi connectivity index (χ2n) is 7.05. The Morgan fingerprint density at radius 2 is 1.88 bits per heavy atom. The van der Waals surface area contributed by atoms with Crippen molar-refractivity contribution in [1.29, 1.82) is 0 Å². The van der Waals surface area contributed by atoms with Crippen molar-refractivity contribution in [2.24, 2.45) is 0 Å². The monoisotopic (exact) mass is 470 g/mol. The number of hydrogen-bond donors (Lipinski definition) is 1. The summed E-state index contributed by atoms with van der Waals surface area (Å²) in [5.41, 5.74) is 1.45. The minimum Gasteiger partial charge on any atom is -0.467 e. The van der Waals surface area contributed by atoms with E-state index in [1.165, 1.54) is 18.2 Å². The number of amides is 2. The van der Waals surface area contributed by atoms with E-state index in [1.54, 1.807) is 60.7 Å². The first-order chi connectivity index (χ1) is 16.0. The number of aromatic nitrogens is 2. The molecular weight excluding hydrogens is 450 g/mol. The third-order valence-electron chi connectivity index (χ3n) is 4.97. The van der Waals surface area contributed by atoms with Gasteiger partial charge in [0, 0.05) is 7.05 Å². The maximum Gasteiger partial charge on any atom is 0.321 e. The second kappa shape index (κ2) is 9.86. The average molecular weight is 471 g/mol. The molecule has 4 aromatic rings. The zero-order chi connectivity index (χ0) is 23.4. The van der Waals surface area contributed by atoms with Crippen molar-refractivity contribution in [3.05, 3.63) is 78.3 Å². The number of nitrogens with zero attached hydrogens (tertiary/aromatic N) is 3. The number of nitrogens with one attached hydrogen (secondary N) is 1. The molecule has 1 N–H and O–H groups in total. The van der Waals surface area contributed by atoms with Gasteiger partial charge >= 0.3 is 6.55 Å². The summed E-state index contributed by atoms with van der Waals surface area (Å²) in [6.45, 7) is -2.58. The Hall–Kier alpha value is -3.66. The molecular formula is C23H20F2N4O3S. The van der Waals surface area contributed by atoms with Gasteiger partial charge in [-0.1, -0.05) is 36.0 Å². The average Bonchev–Trinajstić information content (AvgIpc) is 3.48. The van der Waals surface area contributed by atoms with Crippen LogP contribution in [-0.4, -0.2) is 34.2 Å². The van der Waals surface area contributed by atoms with Crippen LogP contribution in [0.25, 0.3) is 11.0 Å². The molecule has 0 spiro atoms. The van der Waals surface area contributed by atoms with Crippen molar-refractivity contribution in [3.63, 3.8) is 0 Å². The molecule has 170 valence electrons. The molecule has 4 rings (SSSR count). The summed E-state index contributed by atoms with van der Waals surface area (Å²) in [6, 6.07) is 16.7. The first-order valence-corrected chi connectivity index (χ1v) is 11.0. The number of anilines is 1. The Balaban J connectivity index is 1.47. The fourth-order valence-electron chi connectivity index (χ4n) is 3.30. The molecule has 0 bridgehead atoms. The number of thioether (sulfide) groups is 1. The predicted molar refractivity (Wildman–Crippen MR) is 121 cm³/mol. The van der Waals surface area contributed by atoms with Crippen molar-refractivity contribution >= 4 is 40.3 Å². The van der Waals surface area contributed by atoms with Gasteiger partial charge in [-0.2, -0.15) is 8.78 Å². The third kappa shape index (κ3) is 4.90. The van der Waals surface area contributed by atoms with Crippen LogP contribution in [0.15, 0.2) is 76.5 Å². The van der Waals surface area contributed by atoms with Crippen LogP contribution in [0.2, 0.25) is 0 Å². The van der Waals surface area contributed by atoms with E-state index in [9.17, 15) is 18.4 Å². The molecule has 0 unspecified atom stereocenters. The van der Waals surface area contributed by atoms with Gasteiger partial charge in [0.05, 0.1) is 40.8 Å². The van der Waals surface area contributed by atoms with Crippen LogP contribution in [0, 0.1) is 0 Å². The van der Waals surface area contributed by atoms with Crippen LogP contribution in [0.3, 0.4) is 0 Å². The van der Waals surface area contributed by atoms with Crippen molar-refractivity contribution < 1.29 is 22.8 Å². The topological polar surface area (TPSA) is 80.4 Å². The summed E-state index contributed by atoms with van der Waals surface area (Å²) >= 11 is 0.923. The highest BCUT2D eigenvalue weighted by molar-refractivity contribution is 7.99. The van der Waals surface area contributed by atoms with Crippen molar-refractivity contribution in [1.82, 2.24) is 14.9 Å². The largest absolute Gasteiger partial charge is 0.467 e. The number of hydrogen-bond acceptors (Lipinski definition) is 5. The normalized spacial score (nSPS) is 11.2. The zero-order valence-electron chi connectivity index (χ0n) is 17.6. The lowest BCUT2D eigenvalue weighted by molar-refractivity contribution is -0.115. The van der Waals surface area contributed by atoms with Crippen LogP contribution in [0.4, 0.5) is 14.5 Å². The van der Waals surface area contributed by atoms with Crippen LogP contribution >= 0.6 is 11.8 Å². The van der Waals surface area contributed by atoms with Crippen LogP contribution in [0.1, 0.15) is 22.7 Å². The predicted octanol–water partition coefficient (Wildman–Crippen LogP) is 4.71. The molecule has 33 heavy (non-hydrogen) atoms. The highest BCUT2D eigenvalue weighted by Gasteiger charge is 2.22. The molecule has 2 aromatic carbocycles. The number of rotatable bonds is 8. The van der Waals surface area contributed by atoms with Gasteiger partial charge in [0.1, 0.15) is 5.76 Å². The Bertz CT molecular complexity index is 1270. The fourth-order valence-corrected chi connectivity index (χ4v) is 4.23. The van der Waals surface area contributed by atoms with Crippen molar-refractivity contribution in [2.75, 3.05) is 17.7 Å². The Kier molecular flexibility index (Phi) is 6.74. The summed E-state index contributed by atoms with van der Waals surface area (Å²) < 4.78 is 33.3. The molecule has 7 nitrogen and oxygen atoms in total. The molecule has 0 atom stereocenters. The standard InChI is InChI=1S/C23H20F2N4O3S/c1-28(18-10-4-2-8-16(18)21(31)26-13-15-7-6-12-32-15)20(30)14-33-23-27-17-9-3-5-11-19(17)29(23)22(24)25/h2-12,22H,13-14H2,1H3,(H,26,31). The summed E-state index contributed by atoms with van der Waals surface area (Å²) in [6.07, 6.45) is 1.52. The number of halogens is 2. The van der Waals surface area contributed by atoms with Gasteiger partial charge in [-0.25, -0.2) is 4.98 Å². The number of benzene rings is 2. The maximum absolute atomic E-state index is 13.6. The van der Waals surface area contributed by atoms with Crippen molar-refractivity contribution in [2.45, 2.75) is 18.3 Å². The van der Waals surface area contributed by atoms with Gasteiger partial charge in [-0.15, -0.1) is 0 Å². The number of furan rings is 1. The molecule has 0 aliphatic carbocycles. The molecule has 2 heterocycles. The van der Waals surface area contributed by atoms with Gasteiger partial charge in [-0.3, -0.25) is 14.2 Å². The zero-order valence-corrected chi connectivity index (χ0v) is 18.4. The number of imidazole rings is 1. The van der Waals surface area contributed by atoms with E-state index >= 15 is 0 Å². The second-order valence-corrected chi connectivity index (χ2v) is 7.99. The summed E-state index contributed by atoms with van der Waals surface area (Å²) in [7, 11) is 1.54. The number of carbonyl (C=O) groups is 2. The first kappa shape index (κ1) is 22.5. The van der Waals surface area contributed by atoms with Gasteiger partial charge in [-0.05, 0) is 36.4 Å². The lowest BCUT2D eigenvalue weighted by Crippen LogP contribution is -2.31. The number of carbonyl (C=O) groups excluding carboxylic acids is 2. The molecule has 0 fully saturated rings. The molecule has 0 aliphatic rings. The fraction of sp³-hybridized carbons (Fsp3) is 0.174. The Labute approximate surface area is 192 Å². The van der Waals surface area contributed by atoms with E-state index in [0.717, 1.165) is 16.3 Å². The van der Waals surface area contributed by atoms with Crippen LogP contribution in [-0.2, 0) is 11.3 Å². The van der Waals surface area contributed by atoms with Gasteiger partial charge in [0.15, 0.2) is 5.16 Å². The lowest BCUT2D eigenvalue weighted by atomic mass is 10.1. The van der Waals surface area contributed by atoms with E-state index in [0.29, 0.717) is 28.0 Å². The molecule has 0 saturated carbocycles. The highest BCUT2D eigenvalue weighted by atomic mass is 32.2. The van der Waals surface area contributed by atoms with Crippen LogP contribution in [0.5, 0.6) is 0 Å². The molecule has 2 amide bonds. The Morgan fingerprint density at radius 3 is 2.64 bits per heavy atom. The van der Waals surface area contributed by atoms with E-state index in [4.69, 9.17) is 4.42 Å². The minimum atomic E-state index is -2.79. The highest BCUT2D eigenvalue weighted by Crippen LogP contribution is 2.30. The summed E-state index contributed by atoms with van der Waals surface area (Å²) in [5, 5.41) is 2.81. The van der Waals surface area contributed by atoms with Crippen LogP contribution < -0.4 is 10.2 Å². The third-order valence-corrected chi connectivity index (χ3v) is 5.91. The minimum absolute atomic E-state index is 0.0532. The van der Waals surface area contributed by atoms with E-state index in [1.807, 2.05) is 0 Å². The van der Waals surface area contributed by atoms with Gasteiger partial charge in [0.25, 0.3) is 5.91 Å². The molecule has 10 heteroatoms.